The smallest absolute Gasteiger partial charge is 0.307 e. The van der Waals surface area contributed by atoms with Crippen molar-refractivity contribution in [3.63, 3.8) is 0 Å². The first-order valence-electron chi connectivity index (χ1n) is 7.91. The number of hydrogen-bond acceptors (Lipinski definition) is 4. The summed E-state index contributed by atoms with van der Waals surface area (Å²) in [6.07, 6.45) is 1.64. The highest BCUT2D eigenvalue weighted by Crippen LogP contribution is 2.61. The van der Waals surface area contributed by atoms with Gasteiger partial charge in [0.15, 0.2) is 5.78 Å². The SMILES string of the molecule is CCOP(=O)(OCC)C(/N=C/c1ccc(Cl)cc1)c1ccc(Cl)cc1. The summed E-state index contributed by atoms with van der Waals surface area (Å²) < 4.78 is 24.2. The molecule has 0 saturated carbocycles. The van der Waals surface area contributed by atoms with Crippen molar-refractivity contribution in [2.45, 2.75) is 19.6 Å². The van der Waals surface area contributed by atoms with E-state index in [2.05, 4.69) is 4.99 Å². The van der Waals surface area contributed by atoms with E-state index in [0.717, 1.165) is 5.56 Å². The second kappa shape index (κ2) is 9.51. The molecule has 0 bridgehead atoms. The maximum absolute atomic E-state index is 13.3. The average molecular weight is 400 g/mol. The van der Waals surface area contributed by atoms with Gasteiger partial charge in [-0.2, -0.15) is 0 Å². The summed E-state index contributed by atoms with van der Waals surface area (Å²) in [6.45, 7) is 4.07. The molecule has 0 heterocycles. The van der Waals surface area contributed by atoms with Gasteiger partial charge in [0, 0.05) is 16.3 Å². The lowest BCUT2D eigenvalue weighted by Gasteiger charge is -2.23. The van der Waals surface area contributed by atoms with Crippen LogP contribution in [-0.2, 0) is 13.6 Å². The molecule has 0 saturated heterocycles. The molecule has 0 radical (unpaired) electrons. The summed E-state index contributed by atoms with van der Waals surface area (Å²) in [5.74, 6) is -0.777. The van der Waals surface area contributed by atoms with Crippen molar-refractivity contribution in [1.82, 2.24) is 0 Å². The van der Waals surface area contributed by atoms with Gasteiger partial charge in [0.05, 0.1) is 13.2 Å². The monoisotopic (exact) mass is 399 g/mol. The molecule has 2 rings (SSSR count). The lowest BCUT2D eigenvalue weighted by Crippen LogP contribution is -2.05. The number of rotatable bonds is 8. The van der Waals surface area contributed by atoms with E-state index < -0.39 is 13.4 Å². The Bertz CT molecular complexity index is 738. The Morgan fingerprint density at radius 2 is 1.44 bits per heavy atom. The standard InChI is InChI=1S/C18H20Cl2NO3P/c1-3-23-25(22,24-4-2)18(15-7-11-17(20)12-8-15)21-13-14-5-9-16(19)10-6-14/h5-13,18H,3-4H2,1-2H3/b21-13+. The van der Waals surface area contributed by atoms with Gasteiger partial charge in [0.25, 0.3) is 0 Å². The van der Waals surface area contributed by atoms with E-state index in [1.54, 1.807) is 56.5 Å². The molecule has 7 heteroatoms. The molecule has 134 valence electrons. The van der Waals surface area contributed by atoms with E-state index in [1.165, 1.54) is 0 Å². The summed E-state index contributed by atoms with van der Waals surface area (Å²) in [5.41, 5.74) is 1.54. The van der Waals surface area contributed by atoms with Crippen LogP contribution in [0.15, 0.2) is 53.5 Å². The molecule has 0 N–H and O–H groups in total. The molecule has 4 nitrogen and oxygen atoms in total. The van der Waals surface area contributed by atoms with Crippen LogP contribution in [0.2, 0.25) is 10.0 Å². The Morgan fingerprint density at radius 1 is 0.960 bits per heavy atom. The highest BCUT2D eigenvalue weighted by atomic mass is 35.5. The fourth-order valence-electron chi connectivity index (χ4n) is 2.23. The fraction of sp³-hybridized carbons (Fsp3) is 0.278. The third-order valence-corrected chi connectivity index (χ3v) is 6.09. The molecular weight excluding hydrogens is 380 g/mol. The Hall–Kier alpha value is -1.16. The van der Waals surface area contributed by atoms with E-state index in [9.17, 15) is 4.57 Å². The number of aliphatic imine (C=N–C) groups is 1. The third-order valence-electron chi connectivity index (χ3n) is 3.32. The second-order valence-electron chi connectivity index (χ2n) is 5.13. The molecule has 1 unspecified atom stereocenters. The van der Waals surface area contributed by atoms with Crippen LogP contribution in [0.4, 0.5) is 0 Å². The van der Waals surface area contributed by atoms with Crippen molar-refractivity contribution < 1.29 is 13.6 Å². The lowest BCUT2D eigenvalue weighted by atomic mass is 10.2. The predicted octanol–water partition coefficient (Wildman–Crippen LogP) is 6.38. The molecule has 0 aliphatic carbocycles. The maximum atomic E-state index is 13.3. The van der Waals surface area contributed by atoms with Gasteiger partial charge in [-0.1, -0.05) is 47.5 Å². The predicted molar refractivity (Wildman–Crippen MR) is 104 cm³/mol. The van der Waals surface area contributed by atoms with Crippen LogP contribution < -0.4 is 0 Å². The Morgan fingerprint density at radius 3 is 1.92 bits per heavy atom. The number of halogens is 2. The van der Waals surface area contributed by atoms with Gasteiger partial charge in [-0.3, -0.25) is 9.56 Å². The molecule has 2 aromatic rings. The first kappa shape index (κ1) is 20.2. The van der Waals surface area contributed by atoms with Gasteiger partial charge in [-0.15, -0.1) is 0 Å². The Labute approximate surface area is 158 Å². The van der Waals surface area contributed by atoms with Gasteiger partial charge in [-0.25, -0.2) is 0 Å². The zero-order chi connectivity index (χ0) is 18.3. The van der Waals surface area contributed by atoms with Crippen molar-refractivity contribution in [2.24, 2.45) is 4.99 Å². The van der Waals surface area contributed by atoms with Crippen LogP contribution in [0.1, 0.15) is 30.8 Å². The largest absolute Gasteiger partial charge is 0.359 e. The van der Waals surface area contributed by atoms with Gasteiger partial charge < -0.3 is 9.05 Å². The topological polar surface area (TPSA) is 47.9 Å². The summed E-state index contributed by atoms with van der Waals surface area (Å²) in [7, 11) is -3.48. The van der Waals surface area contributed by atoms with Crippen molar-refractivity contribution in [2.75, 3.05) is 13.2 Å². The van der Waals surface area contributed by atoms with Gasteiger partial charge in [0.2, 0.25) is 0 Å². The first-order chi connectivity index (χ1) is 12.0. The van der Waals surface area contributed by atoms with Crippen molar-refractivity contribution in [1.29, 1.82) is 0 Å². The summed E-state index contributed by atoms with van der Waals surface area (Å²) in [4.78, 5) is 4.51. The molecule has 0 aromatic heterocycles. The molecule has 0 aliphatic heterocycles. The molecule has 1 atom stereocenters. The maximum Gasteiger partial charge on any atom is 0.359 e. The van der Waals surface area contributed by atoms with E-state index in [1.807, 2.05) is 12.1 Å². The summed E-state index contributed by atoms with van der Waals surface area (Å²) in [6, 6.07) is 14.2. The van der Waals surface area contributed by atoms with Crippen molar-refractivity contribution >= 4 is 37.0 Å². The van der Waals surface area contributed by atoms with Crippen LogP contribution in [0.5, 0.6) is 0 Å². The third kappa shape index (κ3) is 5.67. The normalized spacial score (nSPS) is 13.3. The number of hydrogen-bond donors (Lipinski definition) is 0. The second-order valence-corrected chi connectivity index (χ2v) is 8.09. The minimum Gasteiger partial charge on any atom is -0.307 e. The van der Waals surface area contributed by atoms with E-state index in [0.29, 0.717) is 15.6 Å². The molecule has 25 heavy (non-hydrogen) atoms. The zero-order valence-electron chi connectivity index (χ0n) is 14.1. The number of benzene rings is 2. The minimum absolute atomic E-state index is 0.262. The minimum atomic E-state index is -3.48. The van der Waals surface area contributed by atoms with Crippen LogP contribution in [0.25, 0.3) is 0 Å². The van der Waals surface area contributed by atoms with Gasteiger partial charge in [-0.05, 0) is 49.2 Å². The Kier molecular flexibility index (Phi) is 7.67. The van der Waals surface area contributed by atoms with Crippen LogP contribution in [-0.4, -0.2) is 19.4 Å². The number of nitrogens with zero attached hydrogens (tertiary/aromatic N) is 1. The zero-order valence-corrected chi connectivity index (χ0v) is 16.5. The Balaban J connectivity index is 2.41. The van der Waals surface area contributed by atoms with E-state index in [4.69, 9.17) is 32.2 Å². The van der Waals surface area contributed by atoms with E-state index in [-0.39, 0.29) is 13.2 Å². The van der Waals surface area contributed by atoms with Crippen molar-refractivity contribution in [3.8, 4) is 0 Å². The van der Waals surface area contributed by atoms with Crippen LogP contribution in [0, 0.1) is 0 Å². The lowest BCUT2D eigenvalue weighted by molar-refractivity contribution is 0.212. The van der Waals surface area contributed by atoms with E-state index >= 15 is 0 Å². The first-order valence-corrected chi connectivity index (χ1v) is 10.3. The van der Waals surface area contributed by atoms with Crippen molar-refractivity contribution in [3.05, 3.63) is 69.7 Å². The highest BCUT2D eigenvalue weighted by Gasteiger charge is 2.36. The quantitative estimate of drug-likeness (QED) is 0.382. The fourth-order valence-corrected chi connectivity index (χ4v) is 4.33. The molecule has 2 aromatic carbocycles. The van der Waals surface area contributed by atoms with Gasteiger partial charge >= 0.3 is 7.60 Å². The molecule has 0 amide bonds. The summed E-state index contributed by atoms with van der Waals surface area (Å²) in [5, 5.41) is 1.23. The average Bonchev–Trinajstić information content (AvgIpc) is 2.58. The van der Waals surface area contributed by atoms with Crippen LogP contribution in [0.3, 0.4) is 0 Å². The highest BCUT2D eigenvalue weighted by molar-refractivity contribution is 7.54. The molecule has 0 spiro atoms. The molecular formula is C18H20Cl2NO3P. The summed E-state index contributed by atoms with van der Waals surface area (Å²) >= 11 is 11.9. The van der Waals surface area contributed by atoms with Crippen LogP contribution >= 0.6 is 30.8 Å². The molecule has 0 fully saturated rings. The molecule has 0 aliphatic rings. The van der Waals surface area contributed by atoms with Gasteiger partial charge in [0.1, 0.15) is 0 Å².